The Morgan fingerprint density at radius 2 is 2.28 bits per heavy atom. The summed E-state index contributed by atoms with van der Waals surface area (Å²) < 4.78 is 0. The largest absolute Gasteiger partial charge is 0.329 e. The van der Waals surface area contributed by atoms with Crippen molar-refractivity contribution in [1.82, 2.24) is 9.88 Å². The molecule has 2 N–H and O–H groups in total. The Labute approximate surface area is 113 Å². The maximum Gasteiger partial charge on any atom is 0.101 e. The smallest absolute Gasteiger partial charge is 0.101 e. The lowest BCUT2D eigenvalue weighted by Gasteiger charge is -2.29. The van der Waals surface area contributed by atoms with Gasteiger partial charge in [-0.2, -0.15) is 0 Å². The highest BCUT2D eigenvalue weighted by Gasteiger charge is 2.46. The van der Waals surface area contributed by atoms with Crippen molar-refractivity contribution >= 4 is 11.3 Å². The fraction of sp³-hybridized carbons (Fsp3) is 0.786. The lowest BCUT2D eigenvalue weighted by atomic mass is 9.94. The zero-order valence-corrected chi connectivity index (χ0v) is 12.2. The van der Waals surface area contributed by atoms with Crippen LogP contribution in [-0.4, -0.2) is 36.6 Å². The number of rotatable bonds is 3. The van der Waals surface area contributed by atoms with Gasteiger partial charge in [0.15, 0.2) is 0 Å². The van der Waals surface area contributed by atoms with Gasteiger partial charge in [-0.1, -0.05) is 0 Å². The Balaban J connectivity index is 1.84. The van der Waals surface area contributed by atoms with Crippen LogP contribution in [0.15, 0.2) is 0 Å². The molecule has 1 aromatic heterocycles. The minimum atomic E-state index is 0.258. The van der Waals surface area contributed by atoms with E-state index in [1.807, 2.05) is 11.3 Å². The first kappa shape index (κ1) is 12.6. The van der Waals surface area contributed by atoms with Crippen LogP contribution >= 0.6 is 11.3 Å². The molecule has 100 valence electrons. The fourth-order valence-corrected chi connectivity index (χ4v) is 4.31. The summed E-state index contributed by atoms with van der Waals surface area (Å²) in [6.45, 7) is 5.40. The van der Waals surface area contributed by atoms with Gasteiger partial charge in [0.1, 0.15) is 5.01 Å². The Hall–Kier alpha value is -0.450. The number of nitrogens with zero attached hydrogens (tertiary/aromatic N) is 2. The average Bonchev–Trinajstić information content (AvgIpc) is 3.07. The molecule has 1 aromatic rings. The number of aryl methyl sites for hydroxylation is 1. The summed E-state index contributed by atoms with van der Waals surface area (Å²) in [5.41, 5.74) is 7.54. The van der Waals surface area contributed by atoms with Crippen LogP contribution in [0.1, 0.15) is 47.2 Å². The third-order valence-corrected chi connectivity index (χ3v) is 5.77. The van der Waals surface area contributed by atoms with E-state index >= 15 is 0 Å². The van der Waals surface area contributed by atoms with Crippen molar-refractivity contribution in [3.8, 4) is 0 Å². The first-order chi connectivity index (χ1) is 8.64. The van der Waals surface area contributed by atoms with E-state index in [9.17, 15) is 0 Å². The molecule has 18 heavy (non-hydrogen) atoms. The molecule has 0 bridgehead atoms. The summed E-state index contributed by atoms with van der Waals surface area (Å²) in [4.78, 5) is 8.84. The number of likely N-dealkylation sites (tertiary alicyclic amines) is 1. The highest BCUT2D eigenvalue weighted by molar-refractivity contribution is 7.11. The second-order valence-corrected chi connectivity index (χ2v) is 7.25. The molecule has 3 rings (SSSR count). The lowest BCUT2D eigenvalue weighted by molar-refractivity contribution is 0.248. The number of hydrogen-bond acceptors (Lipinski definition) is 4. The van der Waals surface area contributed by atoms with Crippen LogP contribution in [-0.2, 0) is 5.41 Å². The Bertz CT molecular complexity index is 436. The standard InChI is InChI=1S/C14H23N3S/c1-10-12(11-4-3-7-17(2)8-11)16-13(18-10)14(9-15)5-6-14/h11H,3-9,15H2,1-2H3. The Kier molecular flexibility index (Phi) is 3.20. The summed E-state index contributed by atoms with van der Waals surface area (Å²) in [5, 5.41) is 1.31. The molecule has 0 spiro atoms. The van der Waals surface area contributed by atoms with Crippen LogP contribution < -0.4 is 5.73 Å². The first-order valence-corrected chi connectivity index (χ1v) is 7.83. The van der Waals surface area contributed by atoms with Crippen molar-refractivity contribution in [3.05, 3.63) is 15.6 Å². The van der Waals surface area contributed by atoms with Gasteiger partial charge in [0.2, 0.25) is 0 Å². The number of hydrogen-bond donors (Lipinski definition) is 1. The normalized spacial score (nSPS) is 27.4. The van der Waals surface area contributed by atoms with E-state index in [2.05, 4.69) is 18.9 Å². The van der Waals surface area contributed by atoms with E-state index < -0.39 is 0 Å². The van der Waals surface area contributed by atoms with Gasteiger partial charge >= 0.3 is 0 Å². The van der Waals surface area contributed by atoms with Gasteiger partial charge in [-0.15, -0.1) is 11.3 Å². The molecule has 1 aliphatic heterocycles. The maximum atomic E-state index is 5.92. The van der Waals surface area contributed by atoms with Crippen molar-refractivity contribution in [2.45, 2.75) is 43.9 Å². The van der Waals surface area contributed by atoms with Crippen molar-refractivity contribution in [2.75, 3.05) is 26.7 Å². The summed E-state index contributed by atoms with van der Waals surface area (Å²) in [5.74, 6) is 0.641. The SMILES string of the molecule is Cc1sc(C2(CN)CC2)nc1C1CCCN(C)C1. The van der Waals surface area contributed by atoms with Crippen molar-refractivity contribution in [2.24, 2.45) is 5.73 Å². The first-order valence-electron chi connectivity index (χ1n) is 7.01. The van der Waals surface area contributed by atoms with Crippen LogP contribution in [0.5, 0.6) is 0 Å². The Morgan fingerprint density at radius 3 is 2.89 bits per heavy atom. The van der Waals surface area contributed by atoms with E-state index in [-0.39, 0.29) is 5.41 Å². The second kappa shape index (κ2) is 4.58. The summed E-state index contributed by atoms with van der Waals surface area (Å²) in [6.07, 6.45) is 5.07. The number of likely N-dealkylation sites (N-methyl/N-ethyl adjacent to an activating group) is 1. The number of nitrogens with two attached hydrogens (primary N) is 1. The van der Waals surface area contributed by atoms with Crippen molar-refractivity contribution in [1.29, 1.82) is 0 Å². The van der Waals surface area contributed by atoms with Crippen LogP contribution in [0.4, 0.5) is 0 Å². The van der Waals surface area contributed by atoms with E-state index in [4.69, 9.17) is 10.7 Å². The van der Waals surface area contributed by atoms with Gasteiger partial charge in [0.25, 0.3) is 0 Å². The Morgan fingerprint density at radius 1 is 1.50 bits per heavy atom. The minimum Gasteiger partial charge on any atom is -0.329 e. The maximum absolute atomic E-state index is 5.92. The number of piperidine rings is 1. The molecule has 0 radical (unpaired) electrons. The van der Waals surface area contributed by atoms with Gasteiger partial charge in [-0.05, 0) is 46.2 Å². The lowest BCUT2D eigenvalue weighted by Crippen LogP contribution is -2.31. The molecular formula is C14H23N3S. The van der Waals surface area contributed by atoms with Gasteiger partial charge in [-0.3, -0.25) is 0 Å². The molecule has 0 aromatic carbocycles. The third-order valence-electron chi connectivity index (χ3n) is 4.54. The molecule has 4 heteroatoms. The molecule has 1 atom stereocenters. The topological polar surface area (TPSA) is 42.1 Å². The van der Waals surface area contributed by atoms with Gasteiger partial charge in [0.05, 0.1) is 5.69 Å². The molecule has 2 aliphatic rings. The molecule has 1 saturated heterocycles. The molecule has 0 amide bonds. The van der Waals surface area contributed by atoms with Crippen molar-refractivity contribution in [3.63, 3.8) is 0 Å². The molecule has 1 unspecified atom stereocenters. The third kappa shape index (κ3) is 2.10. The molecule has 3 nitrogen and oxygen atoms in total. The van der Waals surface area contributed by atoms with E-state index in [1.54, 1.807) is 0 Å². The number of thiazole rings is 1. The summed E-state index contributed by atoms with van der Waals surface area (Å²) >= 11 is 1.89. The van der Waals surface area contributed by atoms with Crippen LogP contribution in [0, 0.1) is 6.92 Å². The highest BCUT2D eigenvalue weighted by Crippen LogP contribution is 2.49. The predicted octanol–water partition coefficient (Wildman–Crippen LogP) is 2.25. The molecule has 2 heterocycles. The van der Waals surface area contributed by atoms with E-state index in [1.165, 1.54) is 54.4 Å². The van der Waals surface area contributed by atoms with Crippen LogP contribution in [0.25, 0.3) is 0 Å². The number of aromatic nitrogens is 1. The fourth-order valence-electron chi connectivity index (χ4n) is 3.06. The van der Waals surface area contributed by atoms with Gasteiger partial charge < -0.3 is 10.6 Å². The van der Waals surface area contributed by atoms with E-state index in [0.29, 0.717) is 5.92 Å². The minimum absolute atomic E-state index is 0.258. The zero-order chi connectivity index (χ0) is 12.8. The monoisotopic (exact) mass is 265 g/mol. The quantitative estimate of drug-likeness (QED) is 0.911. The molecular weight excluding hydrogens is 242 g/mol. The predicted molar refractivity (Wildman–Crippen MR) is 76.3 cm³/mol. The van der Waals surface area contributed by atoms with Crippen molar-refractivity contribution < 1.29 is 0 Å². The summed E-state index contributed by atoms with van der Waals surface area (Å²) in [6, 6.07) is 0. The molecule has 2 fully saturated rings. The van der Waals surface area contributed by atoms with Gasteiger partial charge in [0, 0.05) is 29.3 Å². The molecule has 1 aliphatic carbocycles. The second-order valence-electron chi connectivity index (χ2n) is 6.05. The highest BCUT2D eigenvalue weighted by atomic mass is 32.1. The van der Waals surface area contributed by atoms with Crippen LogP contribution in [0.2, 0.25) is 0 Å². The van der Waals surface area contributed by atoms with Crippen LogP contribution in [0.3, 0.4) is 0 Å². The van der Waals surface area contributed by atoms with Gasteiger partial charge in [-0.25, -0.2) is 4.98 Å². The zero-order valence-electron chi connectivity index (χ0n) is 11.4. The summed E-state index contributed by atoms with van der Waals surface area (Å²) in [7, 11) is 2.22. The molecule has 1 saturated carbocycles. The average molecular weight is 265 g/mol. The van der Waals surface area contributed by atoms with E-state index in [0.717, 1.165) is 6.54 Å².